The highest BCUT2D eigenvalue weighted by Gasteiger charge is 2.12. The monoisotopic (exact) mass is 275 g/mol. The topological polar surface area (TPSA) is 64.9 Å². The van der Waals surface area contributed by atoms with E-state index >= 15 is 0 Å². The van der Waals surface area contributed by atoms with Crippen LogP contribution in [-0.4, -0.2) is 39.4 Å². The van der Waals surface area contributed by atoms with Crippen molar-refractivity contribution in [2.24, 2.45) is 7.05 Å². The number of hydrogen-bond acceptors (Lipinski definition) is 5. The fourth-order valence-electron chi connectivity index (χ4n) is 2.03. The van der Waals surface area contributed by atoms with Crippen molar-refractivity contribution in [1.82, 2.24) is 25.5 Å². The highest BCUT2D eigenvalue weighted by Crippen LogP contribution is 2.09. The van der Waals surface area contributed by atoms with Gasteiger partial charge in [0.2, 0.25) is 0 Å². The van der Waals surface area contributed by atoms with E-state index < -0.39 is 0 Å². The molecule has 0 saturated carbocycles. The fourth-order valence-corrected chi connectivity index (χ4v) is 2.03. The molecular formula is C14H21N5O. The number of nitrogens with one attached hydrogen (secondary N) is 1. The summed E-state index contributed by atoms with van der Waals surface area (Å²) in [6, 6.07) is 10.2. The maximum absolute atomic E-state index is 5.72. The van der Waals surface area contributed by atoms with Gasteiger partial charge in [-0.15, -0.1) is 10.2 Å². The number of benzene rings is 1. The molecule has 1 atom stereocenters. The third-order valence-electron chi connectivity index (χ3n) is 2.95. The van der Waals surface area contributed by atoms with Gasteiger partial charge >= 0.3 is 0 Å². The predicted molar refractivity (Wildman–Crippen MR) is 76.5 cm³/mol. The van der Waals surface area contributed by atoms with Gasteiger partial charge in [0.1, 0.15) is 5.75 Å². The van der Waals surface area contributed by atoms with Crippen molar-refractivity contribution >= 4 is 0 Å². The Balaban J connectivity index is 1.80. The van der Waals surface area contributed by atoms with Crippen LogP contribution < -0.4 is 10.1 Å². The average molecular weight is 275 g/mol. The molecule has 0 aliphatic rings. The minimum absolute atomic E-state index is 0.299. The molecule has 2 aromatic rings. The summed E-state index contributed by atoms with van der Waals surface area (Å²) in [5.74, 6) is 1.67. The van der Waals surface area contributed by atoms with Crippen LogP contribution in [0.15, 0.2) is 30.3 Å². The van der Waals surface area contributed by atoms with Crippen molar-refractivity contribution in [3.8, 4) is 5.75 Å². The molecule has 6 heteroatoms. The Bertz CT molecular complexity index is 499. The number of rotatable bonds is 8. The van der Waals surface area contributed by atoms with Crippen molar-refractivity contribution in [2.45, 2.75) is 25.8 Å². The molecule has 2 rings (SSSR count). The van der Waals surface area contributed by atoms with Crippen LogP contribution in [-0.2, 0) is 13.5 Å². The molecule has 0 aliphatic carbocycles. The van der Waals surface area contributed by atoms with Crippen LogP contribution in [0.5, 0.6) is 5.75 Å². The lowest BCUT2D eigenvalue weighted by atomic mass is 10.1. The molecular weight excluding hydrogens is 254 g/mol. The van der Waals surface area contributed by atoms with E-state index in [1.165, 1.54) is 4.80 Å². The van der Waals surface area contributed by atoms with E-state index in [-0.39, 0.29) is 0 Å². The zero-order chi connectivity index (χ0) is 14.2. The predicted octanol–water partition coefficient (Wildman–Crippen LogP) is 1.20. The second-order valence-electron chi connectivity index (χ2n) is 4.60. The molecule has 1 heterocycles. The van der Waals surface area contributed by atoms with Gasteiger partial charge in [-0.05, 0) is 30.3 Å². The van der Waals surface area contributed by atoms with Crippen molar-refractivity contribution in [3.05, 3.63) is 36.2 Å². The number of ether oxygens (including phenoxy) is 1. The highest BCUT2D eigenvalue weighted by molar-refractivity contribution is 5.20. The van der Waals surface area contributed by atoms with E-state index in [0.29, 0.717) is 12.6 Å². The van der Waals surface area contributed by atoms with Crippen LogP contribution in [0.3, 0.4) is 0 Å². The van der Waals surface area contributed by atoms with Gasteiger partial charge in [0.05, 0.1) is 13.7 Å². The number of aryl methyl sites for hydroxylation is 1. The number of para-hydroxylation sites is 1. The second kappa shape index (κ2) is 7.59. The van der Waals surface area contributed by atoms with Crippen molar-refractivity contribution in [2.75, 3.05) is 13.2 Å². The molecule has 108 valence electrons. The smallest absolute Gasteiger partial charge is 0.176 e. The largest absolute Gasteiger partial charge is 0.494 e. The van der Waals surface area contributed by atoms with Crippen LogP contribution in [0.25, 0.3) is 0 Å². The molecule has 0 amide bonds. The zero-order valence-corrected chi connectivity index (χ0v) is 12.0. The molecule has 0 spiro atoms. The Morgan fingerprint density at radius 1 is 1.30 bits per heavy atom. The van der Waals surface area contributed by atoms with Gasteiger partial charge in [-0.1, -0.05) is 25.1 Å². The van der Waals surface area contributed by atoms with E-state index in [1.54, 1.807) is 7.05 Å². The van der Waals surface area contributed by atoms with E-state index in [2.05, 4.69) is 27.7 Å². The Kier molecular flexibility index (Phi) is 5.49. The summed E-state index contributed by atoms with van der Waals surface area (Å²) in [6.45, 7) is 3.67. The fraction of sp³-hybridized carbons (Fsp3) is 0.500. The quantitative estimate of drug-likeness (QED) is 0.784. The molecule has 0 fully saturated rings. The van der Waals surface area contributed by atoms with Gasteiger partial charge in [-0.25, -0.2) is 0 Å². The standard InChI is InChI=1S/C14H21N5O/c1-3-15-12(11-14-16-18-19(2)17-14)9-10-20-13-7-5-4-6-8-13/h4-8,12,15H,3,9-11H2,1-2H3. The van der Waals surface area contributed by atoms with E-state index in [1.807, 2.05) is 30.3 Å². The van der Waals surface area contributed by atoms with Crippen LogP contribution in [0.4, 0.5) is 0 Å². The first kappa shape index (κ1) is 14.5. The maximum atomic E-state index is 5.72. The van der Waals surface area contributed by atoms with Crippen molar-refractivity contribution in [1.29, 1.82) is 0 Å². The SMILES string of the molecule is CCNC(CCOc1ccccc1)Cc1nnn(C)n1. The summed E-state index contributed by atoms with van der Waals surface area (Å²) in [7, 11) is 1.78. The Morgan fingerprint density at radius 3 is 2.75 bits per heavy atom. The third kappa shape index (κ3) is 4.62. The average Bonchev–Trinajstić information content (AvgIpc) is 2.85. The van der Waals surface area contributed by atoms with Gasteiger partial charge in [-0.2, -0.15) is 4.80 Å². The Morgan fingerprint density at radius 2 is 2.10 bits per heavy atom. The first-order valence-electron chi connectivity index (χ1n) is 6.92. The molecule has 0 saturated heterocycles. The van der Waals surface area contributed by atoms with E-state index in [9.17, 15) is 0 Å². The molecule has 0 aliphatic heterocycles. The van der Waals surface area contributed by atoms with Gasteiger partial charge in [0.15, 0.2) is 5.82 Å². The summed E-state index contributed by atoms with van der Waals surface area (Å²) in [4.78, 5) is 1.48. The first-order valence-corrected chi connectivity index (χ1v) is 6.92. The molecule has 1 aromatic heterocycles. The van der Waals surface area contributed by atoms with Gasteiger partial charge in [0, 0.05) is 12.5 Å². The van der Waals surface area contributed by atoms with Gasteiger partial charge in [0.25, 0.3) is 0 Å². The lowest BCUT2D eigenvalue weighted by Gasteiger charge is -2.16. The maximum Gasteiger partial charge on any atom is 0.176 e. The van der Waals surface area contributed by atoms with Gasteiger partial charge in [-0.3, -0.25) is 0 Å². The minimum Gasteiger partial charge on any atom is -0.494 e. The molecule has 1 unspecified atom stereocenters. The van der Waals surface area contributed by atoms with E-state index in [0.717, 1.165) is 31.0 Å². The number of tetrazole rings is 1. The molecule has 1 aromatic carbocycles. The summed E-state index contributed by atoms with van der Waals surface area (Å²) in [5.41, 5.74) is 0. The number of hydrogen-bond donors (Lipinski definition) is 1. The summed E-state index contributed by atoms with van der Waals surface area (Å²) < 4.78 is 5.72. The van der Waals surface area contributed by atoms with E-state index in [4.69, 9.17) is 4.74 Å². The normalized spacial score (nSPS) is 12.3. The highest BCUT2D eigenvalue weighted by atomic mass is 16.5. The lowest BCUT2D eigenvalue weighted by molar-refractivity contribution is 0.284. The van der Waals surface area contributed by atoms with Crippen molar-refractivity contribution < 1.29 is 4.74 Å². The number of likely N-dealkylation sites (N-methyl/N-ethyl adjacent to an activating group) is 1. The first-order chi connectivity index (χ1) is 9.78. The van der Waals surface area contributed by atoms with Crippen LogP contribution in [0.1, 0.15) is 19.2 Å². The summed E-state index contributed by atoms with van der Waals surface area (Å²) in [5, 5.41) is 15.5. The number of aromatic nitrogens is 4. The Labute approximate surface area is 119 Å². The molecule has 20 heavy (non-hydrogen) atoms. The number of nitrogens with zero attached hydrogens (tertiary/aromatic N) is 4. The van der Waals surface area contributed by atoms with Crippen LogP contribution >= 0.6 is 0 Å². The second-order valence-corrected chi connectivity index (χ2v) is 4.60. The van der Waals surface area contributed by atoms with Crippen molar-refractivity contribution in [3.63, 3.8) is 0 Å². The summed E-state index contributed by atoms with van der Waals surface area (Å²) >= 11 is 0. The zero-order valence-electron chi connectivity index (χ0n) is 12.0. The molecule has 0 bridgehead atoms. The minimum atomic E-state index is 0.299. The third-order valence-corrected chi connectivity index (χ3v) is 2.95. The molecule has 0 radical (unpaired) electrons. The lowest BCUT2D eigenvalue weighted by Crippen LogP contribution is -2.33. The van der Waals surface area contributed by atoms with Crippen LogP contribution in [0, 0.1) is 0 Å². The molecule has 1 N–H and O–H groups in total. The van der Waals surface area contributed by atoms with Crippen LogP contribution in [0.2, 0.25) is 0 Å². The Hall–Kier alpha value is -1.95. The van der Waals surface area contributed by atoms with Gasteiger partial charge < -0.3 is 10.1 Å². The summed E-state index contributed by atoms with van der Waals surface area (Å²) in [6.07, 6.45) is 1.67. The molecule has 6 nitrogen and oxygen atoms in total.